The molecule has 3 nitrogen and oxygen atoms in total. The molecule has 0 bridgehead atoms. The van der Waals surface area contributed by atoms with E-state index in [1.807, 2.05) is 19.4 Å². The first-order valence-corrected chi connectivity index (χ1v) is 6.47. The maximum atomic E-state index is 4.18. The average molecular weight is 251 g/mol. The van der Waals surface area contributed by atoms with Gasteiger partial charge >= 0.3 is 0 Å². The van der Waals surface area contributed by atoms with Gasteiger partial charge in [0.15, 0.2) is 0 Å². The molecule has 1 unspecified atom stereocenters. The third-order valence-electron chi connectivity index (χ3n) is 3.38. The summed E-state index contributed by atoms with van der Waals surface area (Å²) in [6.45, 7) is 2.18. The fraction of sp³-hybridized carbons (Fsp3) is 0.188. The Balaban J connectivity index is 1.95. The van der Waals surface area contributed by atoms with Crippen LogP contribution in [0.4, 0.5) is 5.69 Å². The molecule has 0 fully saturated rings. The molecule has 1 N–H and O–H groups in total. The summed E-state index contributed by atoms with van der Waals surface area (Å²) < 4.78 is 1.80. The van der Waals surface area contributed by atoms with Gasteiger partial charge in [-0.1, -0.05) is 42.5 Å². The number of aromatic nitrogens is 2. The Morgan fingerprint density at radius 3 is 2.68 bits per heavy atom. The van der Waals surface area contributed by atoms with E-state index in [4.69, 9.17) is 0 Å². The summed E-state index contributed by atoms with van der Waals surface area (Å²) in [6.07, 6.45) is 3.84. The number of fused-ring (bicyclic) bond motifs is 1. The number of hydrogen-bond acceptors (Lipinski definition) is 2. The molecule has 0 spiro atoms. The standard InChI is InChI=1S/C16H17N3/c1-12(18-14-10-17-19(2)11-14)15-9-5-7-13-6-3-4-8-16(13)15/h3-12,18H,1-2H3. The Labute approximate surface area is 112 Å². The van der Waals surface area contributed by atoms with Gasteiger partial charge in [-0.05, 0) is 23.3 Å². The number of hydrogen-bond donors (Lipinski definition) is 1. The van der Waals surface area contributed by atoms with Crippen molar-refractivity contribution < 1.29 is 0 Å². The fourth-order valence-corrected chi connectivity index (χ4v) is 2.45. The second kappa shape index (κ2) is 4.76. The van der Waals surface area contributed by atoms with E-state index >= 15 is 0 Å². The van der Waals surface area contributed by atoms with Crippen LogP contribution in [0.5, 0.6) is 0 Å². The molecule has 1 atom stereocenters. The molecule has 0 aliphatic carbocycles. The van der Waals surface area contributed by atoms with Crippen molar-refractivity contribution in [2.45, 2.75) is 13.0 Å². The van der Waals surface area contributed by atoms with Gasteiger partial charge in [0.2, 0.25) is 0 Å². The normalized spacial score (nSPS) is 12.5. The summed E-state index contributed by atoms with van der Waals surface area (Å²) in [5, 5.41) is 10.2. The van der Waals surface area contributed by atoms with Crippen molar-refractivity contribution in [2.75, 3.05) is 5.32 Å². The van der Waals surface area contributed by atoms with E-state index in [0.717, 1.165) is 5.69 Å². The van der Waals surface area contributed by atoms with Crippen LogP contribution in [-0.2, 0) is 7.05 Å². The van der Waals surface area contributed by atoms with E-state index in [-0.39, 0.29) is 6.04 Å². The molecule has 0 radical (unpaired) electrons. The number of nitrogens with zero attached hydrogens (tertiary/aromatic N) is 2. The number of nitrogens with one attached hydrogen (secondary N) is 1. The second-order valence-corrected chi connectivity index (χ2v) is 4.84. The molecule has 3 heteroatoms. The molecule has 0 saturated heterocycles. The van der Waals surface area contributed by atoms with Crippen molar-refractivity contribution in [3.05, 3.63) is 60.4 Å². The number of benzene rings is 2. The third kappa shape index (κ3) is 2.32. The molecule has 0 aliphatic rings. The average Bonchev–Trinajstić information content (AvgIpc) is 2.83. The Bertz CT molecular complexity index is 695. The van der Waals surface area contributed by atoms with Gasteiger partial charge in [0.25, 0.3) is 0 Å². The highest BCUT2D eigenvalue weighted by Crippen LogP contribution is 2.26. The van der Waals surface area contributed by atoms with Gasteiger partial charge in [-0.3, -0.25) is 4.68 Å². The first-order valence-electron chi connectivity index (χ1n) is 6.47. The molecular formula is C16H17N3. The maximum Gasteiger partial charge on any atom is 0.0731 e. The summed E-state index contributed by atoms with van der Waals surface area (Å²) in [6, 6.07) is 15.2. The predicted molar refractivity (Wildman–Crippen MR) is 79.2 cm³/mol. The van der Waals surface area contributed by atoms with Gasteiger partial charge in [0.1, 0.15) is 0 Å². The van der Waals surface area contributed by atoms with Crippen molar-refractivity contribution in [1.29, 1.82) is 0 Å². The zero-order valence-electron chi connectivity index (χ0n) is 11.2. The molecule has 3 rings (SSSR count). The number of aryl methyl sites for hydroxylation is 1. The molecular weight excluding hydrogens is 234 g/mol. The van der Waals surface area contributed by atoms with Crippen molar-refractivity contribution >= 4 is 16.5 Å². The lowest BCUT2D eigenvalue weighted by Gasteiger charge is -2.16. The molecule has 0 aliphatic heterocycles. The number of rotatable bonds is 3. The first kappa shape index (κ1) is 11.8. The number of anilines is 1. The van der Waals surface area contributed by atoms with Crippen molar-refractivity contribution in [3.63, 3.8) is 0 Å². The van der Waals surface area contributed by atoms with Gasteiger partial charge in [0.05, 0.1) is 11.9 Å². The van der Waals surface area contributed by atoms with E-state index < -0.39 is 0 Å². The minimum absolute atomic E-state index is 0.246. The lowest BCUT2D eigenvalue weighted by Crippen LogP contribution is -2.06. The SMILES string of the molecule is CC(Nc1cnn(C)c1)c1cccc2ccccc12. The van der Waals surface area contributed by atoms with Crippen molar-refractivity contribution in [3.8, 4) is 0 Å². The topological polar surface area (TPSA) is 29.9 Å². The van der Waals surface area contributed by atoms with E-state index in [0.29, 0.717) is 0 Å². The summed E-state index contributed by atoms with van der Waals surface area (Å²) in [5.74, 6) is 0. The lowest BCUT2D eigenvalue weighted by atomic mass is 10.00. The molecule has 0 amide bonds. The van der Waals surface area contributed by atoms with Crippen LogP contribution in [0, 0.1) is 0 Å². The van der Waals surface area contributed by atoms with E-state index in [9.17, 15) is 0 Å². The molecule has 3 aromatic rings. The Hall–Kier alpha value is -2.29. The molecule has 1 aromatic heterocycles. The van der Waals surface area contributed by atoms with Crippen LogP contribution < -0.4 is 5.32 Å². The van der Waals surface area contributed by atoms with Crippen LogP contribution in [-0.4, -0.2) is 9.78 Å². The first-order chi connectivity index (χ1) is 9.24. The van der Waals surface area contributed by atoms with Crippen LogP contribution in [0.1, 0.15) is 18.5 Å². The summed E-state index contributed by atoms with van der Waals surface area (Å²) in [4.78, 5) is 0. The minimum atomic E-state index is 0.246. The molecule has 19 heavy (non-hydrogen) atoms. The molecule has 96 valence electrons. The highest BCUT2D eigenvalue weighted by Gasteiger charge is 2.09. The van der Waals surface area contributed by atoms with Gasteiger partial charge in [0, 0.05) is 19.3 Å². The zero-order valence-corrected chi connectivity index (χ0v) is 11.2. The smallest absolute Gasteiger partial charge is 0.0731 e. The monoisotopic (exact) mass is 251 g/mol. The van der Waals surface area contributed by atoms with Crippen LogP contribution in [0.25, 0.3) is 10.8 Å². The van der Waals surface area contributed by atoms with Crippen molar-refractivity contribution in [1.82, 2.24) is 9.78 Å². The maximum absolute atomic E-state index is 4.18. The molecule has 0 saturated carbocycles. The van der Waals surface area contributed by atoms with Crippen LogP contribution in [0.3, 0.4) is 0 Å². The van der Waals surface area contributed by atoms with Gasteiger partial charge in [-0.25, -0.2) is 0 Å². The molecule has 1 heterocycles. The summed E-state index contributed by atoms with van der Waals surface area (Å²) in [5.41, 5.74) is 2.35. The second-order valence-electron chi connectivity index (χ2n) is 4.84. The fourth-order valence-electron chi connectivity index (χ4n) is 2.45. The third-order valence-corrected chi connectivity index (χ3v) is 3.38. The van der Waals surface area contributed by atoms with Crippen LogP contribution in [0.2, 0.25) is 0 Å². The molecule has 2 aromatic carbocycles. The summed E-state index contributed by atoms with van der Waals surface area (Å²) >= 11 is 0. The predicted octanol–water partition coefficient (Wildman–Crippen LogP) is 3.75. The van der Waals surface area contributed by atoms with Gasteiger partial charge < -0.3 is 5.32 Å². The zero-order chi connectivity index (χ0) is 13.2. The largest absolute Gasteiger partial charge is 0.376 e. The van der Waals surface area contributed by atoms with E-state index in [1.54, 1.807) is 4.68 Å². The van der Waals surface area contributed by atoms with E-state index in [1.165, 1.54) is 16.3 Å². The highest BCUT2D eigenvalue weighted by atomic mass is 15.3. The lowest BCUT2D eigenvalue weighted by molar-refractivity contribution is 0.767. The van der Waals surface area contributed by atoms with Gasteiger partial charge in [-0.2, -0.15) is 5.10 Å². The van der Waals surface area contributed by atoms with Crippen molar-refractivity contribution in [2.24, 2.45) is 7.05 Å². The summed E-state index contributed by atoms with van der Waals surface area (Å²) in [7, 11) is 1.92. The van der Waals surface area contributed by atoms with Gasteiger partial charge in [-0.15, -0.1) is 0 Å². The van der Waals surface area contributed by atoms with Crippen LogP contribution in [0.15, 0.2) is 54.9 Å². The minimum Gasteiger partial charge on any atom is -0.376 e. The Morgan fingerprint density at radius 1 is 1.11 bits per heavy atom. The highest BCUT2D eigenvalue weighted by molar-refractivity contribution is 5.86. The van der Waals surface area contributed by atoms with E-state index in [2.05, 4.69) is 59.8 Å². The van der Waals surface area contributed by atoms with Crippen LogP contribution >= 0.6 is 0 Å². The Kier molecular flexibility index (Phi) is 2.95. The quantitative estimate of drug-likeness (QED) is 0.768. The Morgan fingerprint density at radius 2 is 1.89 bits per heavy atom.